The first kappa shape index (κ1) is 22.0. The third kappa shape index (κ3) is 4.66. The van der Waals surface area contributed by atoms with Crippen LogP contribution < -0.4 is 15.5 Å². The molecule has 2 heterocycles. The lowest BCUT2D eigenvalue weighted by atomic mass is 10.1. The van der Waals surface area contributed by atoms with Crippen molar-refractivity contribution in [3.05, 3.63) is 24.4 Å². The number of aromatic nitrogens is 1. The van der Waals surface area contributed by atoms with Crippen LogP contribution in [0.1, 0.15) is 47.0 Å². The molecule has 1 unspecified atom stereocenters. The number of hydrogen-bond donors (Lipinski definition) is 2. The summed E-state index contributed by atoms with van der Waals surface area (Å²) >= 11 is 0. The van der Waals surface area contributed by atoms with Crippen molar-refractivity contribution in [3.63, 3.8) is 0 Å². The zero-order valence-corrected chi connectivity index (χ0v) is 18.6. The van der Waals surface area contributed by atoms with Crippen LogP contribution >= 0.6 is 0 Å². The molecule has 0 spiro atoms. The maximum Gasteiger partial charge on any atom is 0.412 e. The van der Waals surface area contributed by atoms with Crippen molar-refractivity contribution in [3.8, 4) is 0 Å². The van der Waals surface area contributed by atoms with Crippen molar-refractivity contribution in [1.29, 1.82) is 0 Å². The molecule has 170 valence electrons. The van der Waals surface area contributed by atoms with Crippen molar-refractivity contribution in [1.82, 2.24) is 4.98 Å². The van der Waals surface area contributed by atoms with E-state index in [0.29, 0.717) is 28.6 Å². The van der Waals surface area contributed by atoms with Crippen LogP contribution in [0.4, 0.5) is 26.4 Å². The molecule has 2 aromatic rings. The van der Waals surface area contributed by atoms with Gasteiger partial charge in [0.05, 0.1) is 11.6 Å². The number of carbonyl (C=O) groups is 3. The first-order valence-electron chi connectivity index (χ1n) is 10.7. The number of nitrogens with zero attached hydrogens (tertiary/aromatic N) is 2. The molecule has 3 atom stereocenters. The minimum absolute atomic E-state index is 0.00497. The third-order valence-corrected chi connectivity index (χ3v) is 5.52. The van der Waals surface area contributed by atoms with Gasteiger partial charge in [0.1, 0.15) is 17.6 Å². The quantitative estimate of drug-likeness (QED) is 0.731. The van der Waals surface area contributed by atoms with Gasteiger partial charge in [-0.15, -0.1) is 0 Å². The predicted molar refractivity (Wildman–Crippen MR) is 119 cm³/mol. The molecule has 3 amide bonds. The largest absolute Gasteiger partial charge is 0.444 e. The number of carbonyl (C=O) groups excluding carboxylic acids is 3. The maximum atomic E-state index is 13.2. The van der Waals surface area contributed by atoms with E-state index >= 15 is 0 Å². The number of benzene rings is 1. The minimum atomic E-state index is -1.10. The SMILES string of the molecule is CC1CCC(=O)N1c1cc(NC(=O)OC(C)(C)C)c2cnc(NC(=O)[C@@H]3C[C@@H]3F)cc2c1. The molecule has 8 nitrogen and oxygen atoms in total. The molecule has 2 aliphatic rings. The minimum Gasteiger partial charge on any atom is -0.444 e. The summed E-state index contributed by atoms with van der Waals surface area (Å²) in [5.74, 6) is -0.754. The maximum absolute atomic E-state index is 13.2. The summed E-state index contributed by atoms with van der Waals surface area (Å²) in [5, 5.41) is 6.68. The molecule has 1 aliphatic carbocycles. The van der Waals surface area contributed by atoms with Crippen LogP contribution in [0, 0.1) is 5.92 Å². The molecule has 0 bridgehead atoms. The normalized spacial score (nSPS) is 22.7. The smallest absolute Gasteiger partial charge is 0.412 e. The van der Waals surface area contributed by atoms with E-state index in [1.54, 1.807) is 37.8 Å². The topological polar surface area (TPSA) is 101 Å². The van der Waals surface area contributed by atoms with Crippen LogP contribution in [0.2, 0.25) is 0 Å². The Morgan fingerprint density at radius 3 is 2.53 bits per heavy atom. The Balaban J connectivity index is 1.71. The second-order valence-electron chi connectivity index (χ2n) is 9.41. The van der Waals surface area contributed by atoms with E-state index in [2.05, 4.69) is 15.6 Å². The molecule has 2 fully saturated rings. The number of pyridine rings is 1. The highest BCUT2D eigenvalue weighted by Crippen LogP contribution is 2.36. The van der Waals surface area contributed by atoms with E-state index in [-0.39, 0.29) is 24.2 Å². The molecule has 1 aromatic heterocycles. The van der Waals surface area contributed by atoms with Crippen LogP contribution in [0.15, 0.2) is 24.4 Å². The predicted octanol–water partition coefficient (Wildman–Crippen LogP) is 4.39. The molecule has 1 saturated heterocycles. The number of nitrogens with one attached hydrogen (secondary N) is 2. The average Bonchev–Trinajstić information content (AvgIpc) is 3.32. The van der Waals surface area contributed by atoms with Gasteiger partial charge in [-0.2, -0.15) is 0 Å². The van der Waals surface area contributed by atoms with E-state index in [1.807, 2.05) is 13.0 Å². The van der Waals surface area contributed by atoms with Crippen molar-refractivity contribution in [2.24, 2.45) is 5.92 Å². The second-order valence-corrected chi connectivity index (χ2v) is 9.41. The van der Waals surface area contributed by atoms with Gasteiger partial charge < -0.3 is 15.0 Å². The lowest BCUT2D eigenvalue weighted by Crippen LogP contribution is -2.31. The number of halogens is 1. The molecular weight excluding hydrogens is 415 g/mol. The molecule has 9 heteroatoms. The van der Waals surface area contributed by atoms with Gasteiger partial charge >= 0.3 is 6.09 Å². The third-order valence-electron chi connectivity index (χ3n) is 5.52. The lowest BCUT2D eigenvalue weighted by Gasteiger charge is -2.24. The Labute approximate surface area is 185 Å². The summed E-state index contributed by atoms with van der Waals surface area (Å²) in [6.45, 7) is 7.27. The fourth-order valence-corrected chi connectivity index (χ4v) is 3.85. The van der Waals surface area contributed by atoms with Crippen molar-refractivity contribution in [2.75, 3.05) is 15.5 Å². The van der Waals surface area contributed by atoms with Gasteiger partial charge in [-0.25, -0.2) is 14.2 Å². The summed E-state index contributed by atoms with van der Waals surface area (Å²) in [6, 6.07) is 5.22. The Bertz CT molecular complexity index is 1100. The van der Waals surface area contributed by atoms with Gasteiger partial charge in [-0.3, -0.25) is 14.9 Å². The highest BCUT2D eigenvalue weighted by Gasteiger charge is 2.43. The Morgan fingerprint density at radius 2 is 1.94 bits per heavy atom. The molecule has 2 N–H and O–H groups in total. The van der Waals surface area contributed by atoms with E-state index in [9.17, 15) is 18.8 Å². The summed E-state index contributed by atoms with van der Waals surface area (Å²) in [5.41, 5.74) is 0.395. The number of fused-ring (bicyclic) bond motifs is 1. The fraction of sp³-hybridized carbons (Fsp3) is 0.478. The summed E-state index contributed by atoms with van der Waals surface area (Å²) in [4.78, 5) is 43.0. The first-order valence-corrected chi connectivity index (χ1v) is 10.7. The van der Waals surface area contributed by atoms with Crippen LogP contribution in [0.25, 0.3) is 10.8 Å². The summed E-state index contributed by atoms with van der Waals surface area (Å²) in [7, 11) is 0. The van der Waals surface area contributed by atoms with Gasteiger partial charge in [0.2, 0.25) is 11.8 Å². The lowest BCUT2D eigenvalue weighted by molar-refractivity contribution is -0.118. The zero-order valence-electron chi connectivity index (χ0n) is 18.6. The molecule has 0 radical (unpaired) electrons. The van der Waals surface area contributed by atoms with Crippen molar-refractivity contribution < 1.29 is 23.5 Å². The molecule has 1 aliphatic heterocycles. The summed E-state index contributed by atoms with van der Waals surface area (Å²) < 4.78 is 18.6. The number of amides is 3. The van der Waals surface area contributed by atoms with Crippen LogP contribution in [-0.2, 0) is 14.3 Å². The first-order chi connectivity index (χ1) is 15.0. The number of anilines is 3. The van der Waals surface area contributed by atoms with Crippen LogP contribution in [-0.4, -0.2) is 40.7 Å². The molecule has 1 saturated carbocycles. The van der Waals surface area contributed by atoms with E-state index in [4.69, 9.17) is 4.74 Å². The monoisotopic (exact) mass is 442 g/mol. The molecule has 1 aromatic carbocycles. The second kappa shape index (κ2) is 8.03. The van der Waals surface area contributed by atoms with E-state index in [0.717, 1.165) is 6.42 Å². The highest BCUT2D eigenvalue weighted by atomic mass is 19.1. The number of ether oxygens (including phenoxy) is 1. The summed E-state index contributed by atoms with van der Waals surface area (Å²) in [6.07, 6.45) is 1.22. The zero-order chi connectivity index (χ0) is 23.2. The van der Waals surface area contributed by atoms with Crippen molar-refractivity contribution in [2.45, 2.75) is 64.8 Å². The Hall–Kier alpha value is -3.23. The molecular formula is C23H27FN4O4. The standard InChI is InChI=1S/C23H27FN4O4/c1-12-5-6-20(29)28(12)14-7-13-8-19(27-21(30)15-10-17(15)24)25-11-16(13)18(9-14)26-22(31)32-23(2,3)4/h7-9,11-12,15,17H,5-6,10H2,1-4H3,(H,26,31)(H,25,27,30)/t12?,15-,17+/m1/s1. The molecule has 4 rings (SSSR count). The number of hydrogen-bond acceptors (Lipinski definition) is 5. The number of rotatable bonds is 4. The van der Waals surface area contributed by atoms with Crippen LogP contribution in [0.3, 0.4) is 0 Å². The Kier molecular flexibility index (Phi) is 5.52. The van der Waals surface area contributed by atoms with Gasteiger partial charge in [0.25, 0.3) is 0 Å². The Morgan fingerprint density at radius 1 is 1.22 bits per heavy atom. The average molecular weight is 442 g/mol. The van der Waals surface area contributed by atoms with Gasteiger partial charge in [-0.1, -0.05) is 0 Å². The van der Waals surface area contributed by atoms with Gasteiger partial charge in [-0.05, 0) is 64.1 Å². The fourth-order valence-electron chi connectivity index (χ4n) is 3.85. The van der Waals surface area contributed by atoms with Gasteiger partial charge in [0.15, 0.2) is 0 Å². The number of alkyl halides is 1. The molecule has 32 heavy (non-hydrogen) atoms. The van der Waals surface area contributed by atoms with Gasteiger partial charge in [0, 0.05) is 29.7 Å². The van der Waals surface area contributed by atoms with Crippen molar-refractivity contribution >= 4 is 45.9 Å². The van der Waals surface area contributed by atoms with E-state index < -0.39 is 29.7 Å². The van der Waals surface area contributed by atoms with Crippen LogP contribution in [0.5, 0.6) is 0 Å². The highest BCUT2D eigenvalue weighted by molar-refractivity contribution is 6.06. The van der Waals surface area contributed by atoms with E-state index in [1.165, 1.54) is 6.20 Å².